The van der Waals surface area contributed by atoms with E-state index in [0.29, 0.717) is 22.6 Å². The first kappa shape index (κ1) is 13.2. The summed E-state index contributed by atoms with van der Waals surface area (Å²) in [6.07, 6.45) is 1.75. The highest BCUT2D eigenvalue weighted by molar-refractivity contribution is 6.18. The van der Waals surface area contributed by atoms with Crippen LogP contribution < -0.4 is 10.5 Å². The molecule has 21 heavy (non-hydrogen) atoms. The molecular weight excluding hydrogens is 264 g/mol. The van der Waals surface area contributed by atoms with Crippen molar-refractivity contribution in [1.29, 1.82) is 0 Å². The number of nitrogen functional groups attached to an aromatic ring is 1. The van der Waals surface area contributed by atoms with Crippen LogP contribution in [-0.4, -0.2) is 17.9 Å². The number of nitrogens with one attached hydrogen (secondary N) is 1. The molecule has 0 aliphatic carbocycles. The second kappa shape index (κ2) is 4.98. The van der Waals surface area contributed by atoms with Gasteiger partial charge in [-0.25, -0.2) is 0 Å². The van der Waals surface area contributed by atoms with Crippen LogP contribution in [0.1, 0.15) is 21.5 Å². The number of fused-ring (bicyclic) bond motifs is 1. The zero-order valence-electron chi connectivity index (χ0n) is 11.9. The number of anilines is 1. The van der Waals surface area contributed by atoms with Crippen molar-refractivity contribution < 1.29 is 9.53 Å². The van der Waals surface area contributed by atoms with Crippen LogP contribution in [0.5, 0.6) is 5.75 Å². The predicted molar refractivity (Wildman–Crippen MR) is 83.9 cm³/mol. The minimum Gasteiger partial charge on any atom is -0.496 e. The monoisotopic (exact) mass is 280 g/mol. The second-order valence-corrected chi connectivity index (χ2v) is 4.99. The molecule has 4 heteroatoms. The number of nitrogens with two attached hydrogens (primary N) is 1. The number of carbonyl (C=O) groups is 1. The van der Waals surface area contributed by atoms with Gasteiger partial charge in [0.05, 0.1) is 12.7 Å². The molecule has 1 heterocycles. The third kappa shape index (κ3) is 2.14. The van der Waals surface area contributed by atoms with E-state index in [1.165, 1.54) is 7.11 Å². The van der Waals surface area contributed by atoms with Gasteiger partial charge in [-0.15, -0.1) is 0 Å². The molecule has 0 amide bonds. The minimum absolute atomic E-state index is 0.0765. The summed E-state index contributed by atoms with van der Waals surface area (Å²) in [6, 6.07) is 11.0. The molecule has 0 saturated carbocycles. The van der Waals surface area contributed by atoms with Crippen LogP contribution in [0, 0.1) is 6.92 Å². The maximum absolute atomic E-state index is 12.8. The molecule has 0 atom stereocenters. The number of ketones is 1. The lowest BCUT2D eigenvalue weighted by Gasteiger charge is -2.08. The van der Waals surface area contributed by atoms with Crippen molar-refractivity contribution in [2.75, 3.05) is 12.8 Å². The zero-order chi connectivity index (χ0) is 15.0. The van der Waals surface area contributed by atoms with Crippen molar-refractivity contribution >= 4 is 22.4 Å². The molecule has 3 aromatic rings. The Labute approximate surface area is 122 Å². The van der Waals surface area contributed by atoms with Gasteiger partial charge in [0, 0.05) is 34.4 Å². The van der Waals surface area contributed by atoms with E-state index in [9.17, 15) is 4.79 Å². The number of aryl methyl sites for hydroxylation is 1. The average molecular weight is 280 g/mol. The van der Waals surface area contributed by atoms with E-state index >= 15 is 0 Å². The van der Waals surface area contributed by atoms with Crippen molar-refractivity contribution in [1.82, 2.24) is 4.98 Å². The SMILES string of the molecule is COc1cc(N)ccc1C(=O)c1c[nH]c2cccc(C)c12. The Bertz CT molecular complexity index is 834. The standard InChI is InChI=1S/C17H16N2O2/c1-10-4-3-5-14-16(10)13(9-19-14)17(20)12-7-6-11(18)8-15(12)21-2/h3-9,19H,18H2,1-2H3. The van der Waals surface area contributed by atoms with Crippen LogP contribution in [0.4, 0.5) is 5.69 Å². The van der Waals surface area contributed by atoms with Crippen molar-refractivity contribution in [3.05, 3.63) is 59.3 Å². The fourth-order valence-electron chi connectivity index (χ4n) is 2.59. The first-order valence-corrected chi connectivity index (χ1v) is 6.66. The molecular formula is C17H16N2O2. The van der Waals surface area contributed by atoms with Crippen molar-refractivity contribution in [3.63, 3.8) is 0 Å². The van der Waals surface area contributed by atoms with Gasteiger partial charge < -0.3 is 15.5 Å². The van der Waals surface area contributed by atoms with Crippen molar-refractivity contribution in [2.24, 2.45) is 0 Å². The van der Waals surface area contributed by atoms with Crippen molar-refractivity contribution in [2.45, 2.75) is 6.92 Å². The molecule has 2 aromatic carbocycles. The minimum atomic E-state index is -0.0765. The molecule has 4 nitrogen and oxygen atoms in total. The second-order valence-electron chi connectivity index (χ2n) is 4.99. The molecule has 0 bridgehead atoms. The number of hydrogen-bond acceptors (Lipinski definition) is 3. The third-order valence-corrected chi connectivity index (χ3v) is 3.63. The number of rotatable bonds is 3. The van der Waals surface area contributed by atoms with E-state index in [4.69, 9.17) is 10.5 Å². The maximum atomic E-state index is 12.8. The Balaban J connectivity index is 2.17. The van der Waals surface area contributed by atoms with E-state index in [1.807, 2.05) is 25.1 Å². The topological polar surface area (TPSA) is 68.1 Å². The number of ether oxygens (including phenoxy) is 1. The number of benzene rings is 2. The Morgan fingerprint density at radius 3 is 2.76 bits per heavy atom. The van der Waals surface area contributed by atoms with Crippen molar-refractivity contribution in [3.8, 4) is 5.75 Å². The number of carbonyl (C=O) groups excluding carboxylic acids is 1. The summed E-state index contributed by atoms with van der Waals surface area (Å²) in [5.74, 6) is 0.412. The molecule has 0 spiro atoms. The van der Waals surface area contributed by atoms with Gasteiger partial charge in [-0.3, -0.25) is 4.79 Å². The third-order valence-electron chi connectivity index (χ3n) is 3.63. The van der Waals surface area contributed by atoms with Crippen LogP contribution >= 0.6 is 0 Å². The molecule has 0 unspecified atom stereocenters. The highest BCUT2D eigenvalue weighted by Gasteiger charge is 2.19. The largest absolute Gasteiger partial charge is 0.496 e. The van der Waals surface area contributed by atoms with Gasteiger partial charge in [0.2, 0.25) is 0 Å². The van der Waals surface area contributed by atoms with Gasteiger partial charge in [0.1, 0.15) is 5.75 Å². The van der Waals surface area contributed by atoms with Crippen LogP contribution in [0.2, 0.25) is 0 Å². The fourth-order valence-corrected chi connectivity index (χ4v) is 2.59. The number of methoxy groups -OCH3 is 1. The first-order chi connectivity index (χ1) is 10.1. The van der Waals surface area contributed by atoms with E-state index < -0.39 is 0 Å². The molecule has 3 N–H and O–H groups in total. The number of aromatic nitrogens is 1. The van der Waals surface area contributed by atoms with E-state index in [1.54, 1.807) is 24.4 Å². The average Bonchev–Trinajstić information content (AvgIpc) is 2.92. The first-order valence-electron chi connectivity index (χ1n) is 6.66. The summed E-state index contributed by atoms with van der Waals surface area (Å²) >= 11 is 0. The van der Waals surface area contributed by atoms with Gasteiger partial charge in [-0.1, -0.05) is 12.1 Å². The molecule has 0 aliphatic heterocycles. The number of aromatic amines is 1. The molecule has 0 radical (unpaired) electrons. The summed E-state index contributed by atoms with van der Waals surface area (Å²) in [5.41, 5.74) is 9.48. The van der Waals surface area contributed by atoms with Gasteiger partial charge in [0.15, 0.2) is 5.78 Å². The van der Waals surface area contributed by atoms with E-state index in [-0.39, 0.29) is 5.78 Å². The highest BCUT2D eigenvalue weighted by Crippen LogP contribution is 2.29. The van der Waals surface area contributed by atoms with E-state index in [0.717, 1.165) is 16.5 Å². The van der Waals surface area contributed by atoms with Crippen LogP contribution in [-0.2, 0) is 0 Å². The van der Waals surface area contributed by atoms with Gasteiger partial charge in [0.25, 0.3) is 0 Å². The lowest BCUT2D eigenvalue weighted by Crippen LogP contribution is -2.04. The smallest absolute Gasteiger partial charge is 0.198 e. The maximum Gasteiger partial charge on any atom is 0.198 e. The van der Waals surface area contributed by atoms with Gasteiger partial charge in [-0.2, -0.15) is 0 Å². The highest BCUT2D eigenvalue weighted by atomic mass is 16.5. The number of H-pyrrole nitrogens is 1. The Kier molecular flexibility index (Phi) is 3.14. The van der Waals surface area contributed by atoms with Gasteiger partial charge in [-0.05, 0) is 30.7 Å². The van der Waals surface area contributed by atoms with Crippen LogP contribution in [0.3, 0.4) is 0 Å². The summed E-state index contributed by atoms with van der Waals surface area (Å²) in [4.78, 5) is 16.0. The summed E-state index contributed by atoms with van der Waals surface area (Å²) in [6.45, 7) is 1.99. The van der Waals surface area contributed by atoms with Gasteiger partial charge >= 0.3 is 0 Å². The van der Waals surface area contributed by atoms with Crippen LogP contribution in [0.25, 0.3) is 10.9 Å². The lowest BCUT2D eigenvalue weighted by molar-refractivity contribution is 0.103. The Morgan fingerprint density at radius 2 is 2.00 bits per heavy atom. The normalized spacial score (nSPS) is 10.8. The zero-order valence-corrected chi connectivity index (χ0v) is 11.9. The lowest BCUT2D eigenvalue weighted by atomic mass is 9.99. The summed E-state index contributed by atoms with van der Waals surface area (Å²) < 4.78 is 5.28. The van der Waals surface area contributed by atoms with E-state index in [2.05, 4.69) is 4.98 Å². The molecule has 0 fully saturated rings. The summed E-state index contributed by atoms with van der Waals surface area (Å²) in [5, 5.41) is 0.946. The molecule has 3 rings (SSSR count). The quantitative estimate of drug-likeness (QED) is 0.571. The van der Waals surface area contributed by atoms with Crippen LogP contribution in [0.15, 0.2) is 42.6 Å². The Hall–Kier alpha value is -2.75. The fraction of sp³-hybridized carbons (Fsp3) is 0.118. The molecule has 1 aromatic heterocycles. The molecule has 0 saturated heterocycles. The summed E-state index contributed by atoms with van der Waals surface area (Å²) in [7, 11) is 1.53. The molecule has 106 valence electrons. The number of hydrogen-bond donors (Lipinski definition) is 2. The molecule has 0 aliphatic rings. The Morgan fingerprint density at radius 1 is 1.19 bits per heavy atom. The predicted octanol–water partition coefficient (Wildman–Crippen LogP) is 3.30.